The summed E-state index contributed by atoms with van der Waals surface area (Å²) in [5.41, 5.74) is 0.293. The largest absolute Gasteiger partial charge is 0.466 e. The lowest BCUT2D eigenvalue weighted by Crippen LogP contribution is -2.43. The van der Waals surface area contributed by atoms with Crippen molar-refractivity contribution in [2.24, 2.45) is 0 Å². The number of sulfone groups is 1. The molecule has 7 nitrogen and oxygen atoms in total. The van der Waals surface area contributed by atoms with E-state index in [-0.39, 0.29) is 23.5 Å². The predicted molar refractivity (Wildman–Crippen MR) is 82.9 cm³/mol. The van der Waals surface area contributed by atoms with Crippen LogP contribution in [-0.2, 0) is 19.4 Å². The first-order chi connectivity index (χ1) is 10.7. The van der Waals surface area contributed by atoms with E-state index in [1.807, 2.05) is 0 Å². The minimum absolute atomic E-state index is 0.0272. The third-order valence-corrected chi connectivity index (χ3v) is 5.65. The molecule has 0 bridgehead atoms. The molecule has 1 atom stereocenters. The lowest BCUT2D eigenvalue weighted by molar-refractivity contribution is -0.136. The second-order valence-corrected chi connectivity index (χ2v) is 7.87. The Balaban J connectivity index is 1.95. The first-order valence-corrected chi connectivity index (χ1v) is 9.29. The summed E-state index contributed by atoms with van der Waals surface area (Å²) in [6.45, 7) is 5.10. The molecule has 0 saturated carbocycles. The van der Waals surface area contributed by atoms with Crippen LogP contribution in [0.5, 0.6) is 0 Å². The summed E-state index contributed by atoms with van der Waals surface area (Å²) in [6.07, 6.45) is 0.426. The number of carbonyl (C=O) groups is 2. The Morgan fingerprint density at radius 2 is 2.09 bits per heavy atom. The van der Waals surface area contributed by atoms with Crippen LogP contribution in [0, 0.1) is 13.8 Å². The van der Waals surface area contributed by atoms with Gasteiger partial charge in [-0.1, -0.05) is 0 Å². The van der Waals surface area contributed by atoms with E-state index in [4.69, 9.17) is 9.15 Å². The van der Waals surface area contributed by atoms with Gasteiger partial charge in [-0.2, -0.15) is 0 Å². The summed E-state index contributed by atoms with van der Waals surface area (Å²) in [5.74, 6) is 0.0832. The maximum Gasteiger partial charge on any atom is 0.342 e. The second kappa shape index (κ2) is 6.74. The molecule has 1 amide bonds. The fourth-order valence-corrected chi connectivity index (χ4v) is 4.51. The number of hydrogen-bond acceptors (Lipinski definition) is 6. The van der Waals surface area contributed by atoms with Crippen LogP contribution in [-0.4, -0.2) is 55.9 Å². The van der Waals surface area contributed by atoms with E-state index in [1.54, 1.807) is 26.8 Å². The Morgan fingerprint density at radius 3 is 2.57 bits per heavy atom. The van der Waals surface area contributed by atoms with Crippen molar-refractivity contribution in [3.63, 3.8) is 0 Å². The van der Waals surface area contributed by atoms with Gasteiger partial charge in [-0.3, -0.25) is 4.79 Å². The van der Waals surface area contributed by atoms with Crippen LogP contribution in [0.2, 0.25) is 0 Å². The Hall–Kier alpha value is -1.83. The number of carbonyl (C=O) groups excluding carboxylic acids is 2. The smallest absolute Gasteiger partial charge is 0.342 e. The molecular formula is C15H21NO6S. The predicted octanol–water partition coefficient (Wildman–Crippen LogP) is 1.09. The van der Waals surface area contributed by atoms with Gasteiger partial charge in [-0.15, -0.1) is 0 Å². The average Bonchev–Trinajstić information content (AvgIpc) is 2.99. The zero-order valence-electron chi connectivity index (χ0n) is 13.5. The van der Waals surface area contributed by atoms with Crippen molar-refractivity contribution in [1.82, 2.24) is 4.90 Å². The zero-order valence-corrected chi connectivity index (χ0v) is 14.3. The number of likely N-dealkylation sites (N-methyl/N-ethyl adjacent to an activating group) is 1. The van der Waals surface area contributed by atoms with Crippen molar-refractivity contribution < 1.29 is 27.2 Å². The van der Waals surface area contributed by atoms with Crippen molar-refractivity contribution in [3.05, 3.63) is 23.2 Å². The number of hydrogen-bond donors (Lipinski definition) is 0. The maximum atomic E-state index is 12.2. The molecule has 1 fully saturated rings. The van der Waals surface area contributed by atoms with E-state index in [0.717, 1.165) is 0 Å². The number of rotatable bonds is 5. The van der Waals surface area contributed by atoms with E-state index in [9.17, 15) is 18.0 Å². The number of ether oxygens (including phenoxy) is 1. The Bertz CT molecular complexity index is 706. The molecule has 0 unspecified atom stereocenters. The van der Waals surface area contributed by atoms with E-state index >= 15 is 0 Å². The Kier molecular flexibility index (Phi) is 5.13. The molecule has 0 spiro atoms. The summed E-state index contributed by atoms with van der Waals surface area (Å²) in [4.78, 5) is 25.7. The van der Waals surface area contributed by atoms with Crippen molar-refractivity contribution in [3.8, 4) is 0 Å². The molecule has 23 heavy (non-hydrogen) atoms. The number of esters is 1. The van der Waals surface area contributed by atoms with Crippen molar-refractivity contribution in [1.29, 1.82) is 0 Å². The minimum Gasteiger partial charge on any atom is -0.466 e. The standard InChI is InChI=1S/C15H21NO6S/c1-4-16(12-5-6-23(19,20)9-12)14(17)8-21-15(18)13-7-10(2)22-11(13)3/h7,12H,4-6,8-9H2,1-3H3/t12-/m0/s1. The third kappa shape index (κ3) is 4.13. The normalized spacial score (nSPS) is 19.5. The van der Waals surface area contributed by atoms with E-state index in [1.165, 1.54) is 4.90 Å². The fourth-order valence-electron chi connectivity index (χ4n) is 2.78. The molecule has 0 aromatic carbocycles. The second-order valence-electron chi connectivity index (χ2n) is 5.64. The molecular weight excluding hydrogens is 322 g/mol. The monoisotopic (exact) mass is 343 g/mol. The van der Waals surface area contributed by atoms with Gasteiger partial charge in [0.15, 0.2) is 16.4 Å². The van der Waals surface area contributed by atoms with Gasteiger partial charge in [0.2, 0.25) is 0 Å². The molecule has 128 valence electrons. The molecule has 1 saturated heterocycles. The minimum atomic E-state index is -3.08. The topological polar surface area (TPSA) is 93.9 Å². The van der Waals surface area contributed by atoms with E-state index in [0.29, 0.717) is 30.0 Å². The Morgan fingerprint density at radius 1 is 1.39 bits per heavy atom. The van der Waals surface area contributed by atoms with Crippen molar-refractivity contribution in [2.45, 2.75) is 33.2 Å². The maximum absolute atomic E-state index is 12.2. The molecule has 0 N–H and O–H groups in total. The molecule has 2 heterocycles. The fraction of sp³-hybridized carbons (Fsp3) is 0.600. The molecule has 2 rings (SSSR count). The van der Waals surface area contributed by atoms with Crippen LogP contribution in [0.4, 0.5) is 0 Å². The van der Waals surface area contributed by atoms with Gasteiger partial charge in [0.05, 0.1) is 11.5 Å². The van der Waals surface area contributed by atoms with Crippen molar-refractivity contribution >= 4 is 21.7 Å². The van der Waals surface area contributed by atoms with Crippen LogP contribution in [0.15, 0.2) is 10.5 Å². The summed E-state index contributed by atoms with van der Waals surface area (Å²) in [7, 11) is -3.08. The van der Waals surface area contributed by atoms with Crippen LogP contribution >= 0.6 is 0 Å². The van der Waals surface area contributed by atoms with Crippen LogP contribution in [0.25, 0.3) is 0 Å². The summed E-state index contributed by atoms with van der Waals surface area (Å²) >= 11 is 0. The lowest BCUT2D eigenvalue weighted by Gasteiger charge is -2.26. The highest BCUT2D eigenvalue weighted by Gasteiger charge is 2.34. The molecule has 1 aromatic rings. The van der Waals surface area contributed by atoms with E-state index < -0.39 is 22.4 Å². The van der Waals surface area contributed by atoms with Gasteiger partial charge in [-0.25, -0.2) is 13.2 Å². The van der Waals surface area contributed by atoms with Gasteiger partial charge in [0.25, 0.3) is 5.91 Å². The molecule has 1 aliphatic heterocycles. The van der Waals surface area contributed by atoms with Crippen LogP contribution in [0.3, 0.4) is 0 Å². The van der Waals surface area contributed by atoms with Gasteiger partial charge in [0.1, 0.15) is 17.1 Å². The molecule has 8 heteroatoms. The van der Waals surface area contributed by atoms with Gasteiger partial charge < -0.3 is 14.1 Å². The number of furan rings is 1. The van der Waals surface area contributed by atoms with Crippen LogP contribution < -0.4 is 0 Å². The molecule has 0 aliphatic carbocycles. The number of amides is 1. The number of nitrogens with zero attached hydrogens (tertiary/aromatic N) is 1. The highest BCUT2D eigenvalue weighted by atomic mass is 32.2. The molecule has 1 aliphatic rings. The quantitative estimate of drug-likeness (QED) is 0.743. The highest BCUT2D eigenvalue weighted by molar-refractivity contribution is 7.91. The first kappa shape index (κ1) is 17.5. The van der Waals surface area contributed by atoms with Gasteiger partial charge in [-0.05, 0) is 33.3 Å². The lowest BCUT2D eigenvalue weighted by atomic mass is 10.2. The van der Waals surface area contributed by atoms with Crippen molar-refractivity contribution in [2.75, 3.05) is 24.7 Å². The zero-order chi connectivity index (χ0) is 17.2. The third-order valence-electron chi connectivity index (χ3n) is 3.90. The average molecular weight is 343 g/mol. The SMILES string of the molecule is CCN(C(=O)COC(=O)c1cc(C)oc1C)[C@H]1CCS(=O)(=O)C1. The van der Waals surface area contributed by atoms with E-state index in [2.05, 4.69) is 0 Å². The summed E-state index contributed by atoms with van der Waals surface area (Å²) < 4.78 is 33.4. The summed E-state index contributed by atoms with van der Waals surface area (Å²) in [5, 5.41) is 0. The molecule has 0 radical (unpaired) electrons. The summed E-state index contributed by atoms with van der Waals surface area (Å²) in [6, 6.07) is 1.22. The van der Waals surface area contributed by atoms with Crippen LogP contribution in [0.1, 0.15) is 35.2 Å². The first-order valence-electron chi connectivity index (χ1n) is 7.47. The Labute approximate surface area is 135 Å². The van der Waals surface area contributed by atoms with Gasteiger partial charge in [0, 0.05) is 12.6 Å². The highest BCUT2D eigenvalue weighted by Crippen LogP contribution is 2.18. The number of aryl methyl sites for hydroxylation is 2. The molecule has 1 aromatic heterocycles. The van der Waals surface area contributed by atoms with Gasteiger partial charge >= 0.3 is 5.97 Å².